The van der Waals surface area contributed by atoms with Crippen LogP contribution in [0.25, 0.3) is 5.57 Å². The van der Waals surface area contributed by atoms with Crippen molar-refractivity contribution in [3.63, 3.8) is 0 Å². The summed E-state index contributed by atoms with van der Waals surface area (Å²) in [6.07, 6.45) is 4.57. The number of rotatable bonds is 3. The summed E-state index contributed by atoms with van der Waals surface area (Å²) in [7, 11) is 1.68. The second-order valence-corrected chi connectivity index (χ2v) is 4.26. The van der Waals surface area contributed by atoms with Gasteiger partial charge in [-0.3, -0.25) is 0 Å². The minimum absolute atomic E-state index is 0.261. The zero-order valence-corrected chi connectivity index (χ0v) is 10.9. The first-order valence-electron chi connectivity index (χ1n) is 6.29. The van der Waals surface area contributed by atoms with E-state index in [9.17, 15) is 4.79 Å². The predicted octanol–water partition coefficient (Wildman–Crippen LogP) is 2.98. The fourth-order valence-corrected chi connectivity index (χ4v) is 2.38. The van der Waals surface area contributed by atoms with E-state index in [2.05, 4.69) is 0 Å². The highest BCUT2D eigenvalue weighted by atomic mass is 16.5. The zero-order chi connectivity index (χ0) is 13.0. The Kier molecular flexibility index (Phi) is 4.03. The van der Waals surface area contributed by atoms with Crippen molar-refractivity contribution in [2.75, 3.05) is 13.7 Å². The molecule has 0 heterocycles. The second-order valence-electron chi connectivity index (χ2n) is 4.26. The van der Waals surface area contributed by atoms with Gasteiger partial charge in [0.1, 0.15) is 5.75 Å². The van der Waals surface area contributed by atoms with Crippen molar-refractivity contribution in [3.05, 3.63) is 35.4 Å². The molecule has 0 unspecified atom stereocenters. The lowest BCUT2D eigenvalue weighted by molar-refractivity contribution is -0.137. The van der Waals surface area contributed by atoms with Crippen molar-refractivity contribution in [1.82, 2.24) is 0 Å². The summed E-state index contributed by atoms with van der Waals surface area (Å²) in [6, 6.07) is 5.97. The molecule has 0 saturated carbocycles. The Labute approximate surface area is 107 Å². The number of benzene rings is 1. The minimum Gasteiger partial charge on any atom is -0.496 e. The Morgan fingerprint density at radius 3 is 2.94 bits per heavy atom. The highest BCUT2D eigenvalue weighted by molar-refractivity contribution is 5.92. The van der Waals surface area contributed by atoms with E-state index in [1.165, 1.54) is 5.56 Å². The lowest BCUT2D eigenvalue weighted by Gasteiger charge is -2.21. The fourth-order valence-electron chi connectivity index (χ4n) is 2.38. The summed E-state index contributed by atoms with van der Waals surface area (Å²) < 4.78 is 10.3. The van der Waals surface area contributed by atoms with Crippen molar-refractivity contribution in [3.8, 4) is 5.75 Å². The molecule has 1 aliphatic rings. The number of carbonyl (C=O) groups is 1. The van der Waals surface area contributed by atoms with Gasteiger partial charge in [0.25, 0.3) is 0 Å². The molecule has 0 aliphatic heterocycles. The number of allylic oxidation sites excluding steroid dienone is 1. The third-order valence-corrected chi connectivity index (χ3v) is 3.15. The number of carbonyl (C=O) groups excluding carboxylic acids is 1. The first-order valence-corrected chi connectivity index (χ1v) is 6.29. The zero-order valence-electron chi connectivity index (χ0n) is 10.9. The van der Waals surface area contributed by atoms with Gasteiger partial charge in [-0.2, -0.15) is 0 Å². The van der Waals surface area contributed by atoms with Crippen LogP contribution in [0.2, 0.25) is 0 Å². The SMILES string of the molecule is CCOC(=O)C=C1CCCc2c(OC)cccc21. The molecule has 0 amide bonds. The van der Waals surface area contributed by atoms with E-state index in [0.29, 0.717) is 6.61 Å². The summed E-state index contributed by atoms with van der Waals surface area (Å²) in [4.78, 5) is 11.5. The summed E-state index contributed by atoms with van der Waals surface area (Å²) >= 11 is 0. The first kappa shape index (κ1) is 12.7. The van der Waals surface area contributed by atoms with Crippen molar-refractivity contribution < 1.29 is 14.3 Å². The molecular weight excluding hydrogens is 228 g/mol. The van der Waals surface area contributed by atoms with Gasteiger partial charge >= 0.3 is 5.97 Å². The van der Waals surface area contributed by atoms with Crippen molar-refractivity contribution in [2.45, 2.75) is 26.2 Å². The van der Waals surface area contributed by atoms with Gasteiger partial charge < -0.3 is 9.47 Å². The molecule has 0 radical (unpaired) electrons. The summed E-state index contributed by atoms with van der Waals surface area (Å²) in [6.45, 7) is 2.22. The van der Waals surface area contributed by atoms with Gasteiger partial charge in [0.2, 0.25) is 0 Å². The van der Waals surface area contributed by atoms with Gasteiger partial charge in [0.05, 0.1) is 13.7 Å². The molecule has 3 heteroatoms. The van der Waals surface area contributed by atoms with Crippen LogP contribution in [0.3, 0.4) is 0 Å². The van der Waals surface area contributed by atoms with Gasteiger partial charge in [0, 0.05) is 11.6 Å². The molecule has 0 saturated heterocycles. The highest BCUT2D eigenvalue weighted by Gasteiger charge is 2.18. The minimum atomic E-state index is -0.261. The molecular formula is C15H18O3. The Morgan fingerprint density at radius 1 is 1.39 bits per heavy atom. The maximum atomic E-state index is 11.5. The molecule has 1 aliphatic carbocycles. The highest BCUT2D eigenvalue weighted by Crippen LogP contribution is 2.35. The quantitative estimate of drug-likeness (QED) is 0.607. The van der Waals surface area contributed by atoms with Crippen molar-refractivity contribution in [2.24, 2.45) is 0 Å². The Morgan fingerprint density at radius 2 is 2.22 bits per heavy atom. The maximum absolute atomic E-state index is 11.5. The Balaban J connectivity index is 2.36. The predicted molar refractivity (Wildman–Crippen MR) is 70.5 cm³/mol. The second kappa shape index (κ2) is 5.71. The normalized spacial score (nSPS) is 16.2. The molecule has 2 rings (SSSR count). The molecule has 0 fully saturated rings. The smallest absolute Gasteiger partial charge is 0.331 e. The van der Waals surface area contributed by atoms with Gasteiger partial charge in [-0.25, -0.2) is 4.79 Å². The van der Waals surface area contributed by atoms with Gasteiger partial charge in [0.15, 0.2) is 0 Å². The molecule has 96 valence electrons. The molecule has 18 heavy (non-hydrogen) atoms. The van der Waals surface area contributed by atoms with Crippen molar-refractivity contribution >= 4 is 11.5 Å². The summed E-state index contributed by atoms with van der Waals surface area (Å²) in [5.41, 5.74) is 3.36. The molecule has 1 aromatic carbocycles. The lowest BCUT2D eigenvalue weighted by atomic mass is 9.86. The molecule has 1 aromatic rings. The monoisotopic (exact) mass is 246 g/mol. The van der Waals surface area contributed by atoms with Crippen LogP contribution in [0.4, 0.5) is 0 Å². The number of esters is 1. The maximum Gasteiger partial charge on any atom is 0.331 e. The van der Waals surface area contributed by atoms with Crippen molar-refractivity contribution in [1.29, 1.82) is 0 Å². The van der Waals surface area contributed by atoms with Gasteiger partial charge in [-0.1, -0.05) is 12.1 Å². The van der Waals surface area contributed by atoms with Crippen LogP contribution in [-0.4, -0.2) is 19.7 Å². The van der Waals surface area contributed by atoms with Gasteiger partial charge in [-0.05, 0) is 43.4 Å². The van der Waals surface area contributed by atoms with Crippen LogP contribution in [0.15, 0.2) is 24.3 Å². The van der Waals surface area contributed by atoms with Crippen LogP contribution < -0.4 is 4.74 Å². The fraction of sp³-hybridized carbons (Fsp3) is 0.400. The topological polar surface area (TPSA) is 35.5 Å². The molecule has 0 atom stereocenters. The van der Waals surface area contributed by atoms with Crippen LogP contribution in [0.5, 0.6) is 5.75 Å². The number of fused-ring (bicyclic) bond motifs is 1. The first-order chi connectivity index (χ1) is 8.76. The molecule has 0 spiro atoms. The third kappa shape index (κ3) is 2.55. The molecule has 3 nitrogen and oxygen atoms in total. The van der Waals surface area contributed by atoms with E-state index in [1.54, 1.807) is 13.2 Å². The molecule has 0 bridgehead atoms. The number of methoxy groups -OCH3 is 1. The lowest BCUT2D eigenvalue weighted by Crippen LogP contribution is -2.07. The van der Waals surface area contributed by atoms with E-state index < -0.39 is 0 Å². The van der Waals surface area contributed by atoms with Gasteiger partial charge in [-0.15, -0.1) is 0 Å². The third-order valence-electron chi connectivity index (χ3n) is 3.15. The Bertz CT molecular complexity index is 475. The molecule has 0 N–H and O–H groups in total. The summed E-state index contributed by atoms with van der Waals surface area (Å²) in [5.74, 6) is 0.644. The van der Waals surface area contributed by atoms with Crippen LogP contribution in [0, 0.1) is 0 Å². The van der Waals surface area contributed by atoms with Crippen LogP contribution >= 0.6 is 0 Å². The molecule has 0 aromatic heterocycles. The van der Waals surface area contributed by atoms with Crippen LogP contribution in [0.1, 0.15) is 30.9 Å². The van der Waals surface area contributed by atoms with E-state index in [-0.39, 0.29) is 5.97 Å². The Hall–Kier alpha value is -1.77. The standard InChI is InChI=1S/C15H18O3/c1-3-18-15(16)10-11-6-4-8-13-12(11)7-5-9-14(13)17-2/h5,7,9-10H,3-4,6,8H2,1-2H3. The van der Waals surface area contributed by atoms with Crippen LogP contribution in [-0.2, 0) is 16.0 Å². The van der Waals surface area contributed by atoms with E-state index >= 15 is 0 Å². The largest absolute Gasteiger partial charge is 0.496 e. The average Bonchev–Trinajstić information content (AvgIpc) is 2.38. The van der Waals surface area contributed by atoms with E-state index in [4.69, 9.17) is 9.47 Å². The van der Waals surface area contributed by atoms with E-state index in [1.807, 2.05) is 25.1 Å². The summed E-state index contributed by atoms with van der Waals surface area (Å²) in [5, 5.41) is 0. The number of hydrogen-bond donors (Lipinski definition) is 0. The van der Waals surface area contributed by atoms with E-state index in [0.717, 1.165) is 36.1 Å². The number of hydrogen-bond acceptors (Lipinski definition) is 3. The number of ether oxygens (including phenoxy) is 2. The average molecular weight is 246 g/mol.